The van der Waals surface area contributed by atoms with Gasteiger partial charge in [-0.1, -0.05) is 0 Å². The minimum Gasteiger partial charge on any atom is -0.379 e. The van der Waals surface area contributed by atoms with Gasteiger partial charge in [0, 0.05) is 26.3 Å². The molecule has 0 saturated heterocycles. The van der Waals surface area contributed by atoms with E-state index in [2.05, 4.69) is 10.6 Å². The van der Waals surface area contributed by atoms with E-state index >= 15 is 0 Å². The Kier molecular flexibility index (Phi) is 21.1. The van der Waals surface area contributed by atoms with E-state index in [4.69, 9.17) is 18.9 Å². The minimum absolute atomic E-state index is 0.0574. The molecular formula is C20H40N2O6. The highest BCUT2D eigenvalue weighted by Crippen LogP contribution is 1.96. The average Bonchev–Trinajstić information content (AvgIpc) is 2.68. The Morgan fingerprint density at radius 3 is 1.86 bits per heavy atom. The fourth-order valence-corrected chi connectivity index (χ4v) is 2.24. The fraction of sp³-hybridized carbons (Fsp3) is 0.900. The molecule has 8 heteroatoms. The smallest absolute Gasteiger partial charge is 0.246 e. The zero-order valence-corrected chi connectivity index (χ0v) is 17.7. The third kappa shape index (κ3) is 22.8. The van der Waals surface area contributed by atoms with Crippen LogP contribution in [-0.2, 0) is 28.5 Å². The summed E-state index contributed by atoms with van der Waals surface area (Å²) in [5.74, 6) is -0.0574. The van der Waals surface area contributed by atoms with E-state index in [1.54, 1.807) is 0 Å². The van der Waals surface area contributed by atoms with Gasteiger partial charge >= 0.3 is 0 Å². The van der Waals surface area contributed by atoms with Gasteiger partial charge in [-0.3, -0.25) is 9.59 Å². The first-order valence-electron chi connectivity index (χ1n) is 10.5. The van der Waals surface area contributed by atoms with Crippen LogP contribution in [0, 0.1) is 0 Å². The SMILES string of the molecule is CC(C)OCC(=O)NCCCCCOCCOCCOCCCCCNC=O. The van der Waals surface area contributed by atoms with Crippen molar-refractivity contribution in [2.24, 2.45) is 0 Å². The molecule has 0 aliphatic rings. The molecule has 0 radical (unpaired) electrons. The van der Waals surface area contributed by atoms with Gasteiger partial charge in [0.15, 0.2) is 0 Å². The number of nitrogens with one attached hydrogen (secondary N) is 2. The lowest BCUT2D eigenvalue weighted by atomic mass is 10.2. The first-order valence-corrected chi connectivity index (χ1v) is 10.5. The molecule has 0 saturated carbocycles. The molecule has 0 unspecified atom stereocenters. The zero-order chi connectivity index (χ0) is 20.7. The summed E-state index contributed by atoms with van der Waals surface area (Å²) in [5.41, 5.74) is 0. The summed E-state index contributed by atoms with van der Waals surface area (Å²) in [4.78, 5) is 21.5. The molecule has 0 rings (SSSR count). The quantitative estimate of drug-likeness (QED) is 0.211. The summed E-state index contributed by atoms with van der Waals surface area (Å²) in [7, 11) is 0. The van der Waals surface area contributed by atoms with Gasteiger partial charge in [0.1, 0.15) is 6.61 Å². The Labute approximate surface area is 170 Å². The van der Waals surface area contributed by atoms with Gasteiger partial charge in [-0.25, -0.2) is 0 Å². The van der Waals surface area contributed by atoms with Crippen LogP contribution in [0.1, 0.15) is 52.4 Å². The molecule has 0 aliphatic carbocycles. The molecule has 2 amide bonds. The lowest BCUT2D eigenvalue weighted by Crippen LogP contribution is -2.29. The van der Waals surface area contributed by atoms with Crippen LogP contribution in [-0.4, -0.2) is 77.8 Å². The van der Waals surface area contributed by atoms with E-state index in [-0.39, 0.29) is 18.6 Å². The van der Waals surface area contributed by atoms with E-state index in [1.807, 2.05) is 13.8 Å². The number of unbranched alkanes of at least 4 members (excludes halogenated alkanes) is 4. The molecule has 0 aromatic carbocycles. The number of amides is 2. The maximum Gasteiger partial charge on any atom is 0.246 e. The molecule has 8 nitrogen and oxygen atoms in total. The molecule has 0 bridgehead atoms. The van der Waals surface area contributed by atoms with E-state index in [0.717, 1.165) is 58.1 Å². The number of carbonyl (C=O) groups excluding carboxylic acids is 2. The lowest BCUT2D eigenvalue weighted by molar-refractivity contribution is -0.127. The van der Waals surface area contributed by atoms with Crippen molar-refractivity contribution in [3.63, 3.8) is 0 Å². The molecule has 0 fully saturated rings. The Morgan fingerprint density at radius 2 is 1.32 bits per heavy atom. The topological polar surface area (TPSA) is 95.1 Å². The summed E-state index contributed by atoms with van der Waals surface area (Å²) >= 11 is 0. The Morgan fingerprint density at radius 1 is 0.786 bits per heavy atom. The molecule has 0 aromatic heterocycles. The molecule has 0 atom stereocenters. The van der Waals surface area contributed by atoms with Gasteiger partial charge in [0.25, 0.3) is 0 Å². The molecule has 0 heterocycles. The highest BCUT2D eigenvalue weighted by molar-refractivity contribution is 5.77. The number of ether oxygens (including phenoxy) is 4. The summed E-state index contributed by atoms with van der Waals surface area (Å²) < 4.78 is 21.7. The third-order valence-corrected chi connectivity index (χ3v) is 3.77. The molecule has 0 aromatic rings. The van der Waals surface area contributed by atoms with Crippen molar-refractivity contribution in [2.45, 2.75) is 58.5 Å². The molecule has 2 N–H and O–H groups in total. The summed E-state index contributed by atoms with van der Waals surface area (Å²) in [6.07, 6.45) is 6.77. The van der Waals surface area contributed by atoms with E-state index in [9.17, 15) is 9.59 Å². The highest BCUT2D eigenvalue weighted by Gasteiger charge is 2.02. The summed E-state index contributed by atoms with van der Waals surface area (Å²) in [6.45, 7) is 9.15. The monoisotopic (exact) mass is 404 g/mol. The number of hydrogen-bond acceptors (Lipinski definition) is 6. The Bertz CT molecular complexity index is 356. The lowest BCUT2D eigenvalue weighted by Gasteiger charge is -2.08. The second kappa shape index (κ2) is 22.1. The van der Waals surface area contributed by atoms with Crippen molar-refractivity contribution in [2.75, 3.05) is 59.3 Å². The molecular weight excluding hydrogens is 364 g/mol. The largest absolute Gasteiger partial charge is 0.379 e. The van der Waals surface area contributed by atoms with E-state index < -0.39 is 0 Å². The van der Waals surface area contributed by atoms with E-state index in [1.165, 1.54) is 0 Å². The first-order chi connectivity index (χ1) is 13.7. The summed E-state index contributed by atoms with van der Waals surface area (Å²) in [6, 6.07) is 0. The highest BCUT2D eigenvalue weighted by atomic mass is 16.5. The van der Waals surface area contributed by atoms with Gasteiger partial charge in [0.05, 0.1) is 32.5 Å². The van der Waals surface area contributed by atoms with Crippen LogP contribution in [0.25, 0.3) is 0 Å². The van der Waals surface area contributed by atoms with Crippen LogP contribution in [0.3, 0.4) is 0 Å². The van der Waals surface area contributed by atoms with Crippen molar-refractivity contribution >= 4 is 12.3 Å². The van der Waals surface area contributed by atoms with Crippen LogP contribution in [0.4, 0.5) is 0 Å². The van der Waals surface area contributed by atoms with Crippen LogP contribution < -0.4 is 10.6 Å². The zero-order valence-electron chi connectivity index (χ0n) is 17.7. The summed E-state index contributed by atoms with van der Waals surface area (Å²) in [5, 5.41) is 5.48. The van der Waals surface area contributed by atoms with Gasteiger partial charge in [-0.05, 0) is 52.4 Å². The van der Waals surface area contributed by atoms with Crippen LogP contribution in [0.5, 0.6) is 0 Å². The maximum absolute atomic E-state index is 11.4. The second-order valence-electron chi connectivity index (χ2n) is 6.74. The normalized spacial score (nSPS) is 11.0. The van der Waals surface area contributed by atoms with Gasteiger partial charge in [-0.2, -0.15) is 0 Å². The maximum atomic E-state index is 11.4. The van der Waals surface area contributed by atoms with Crippen molar-refractivity contribution in [1.82, 2.24) is 10.6 Å². The van der Waals surface area contributed by atoms with Gasteiger partial charge < -0.3 is 29.6 Å². The van der Waals surface area contributed by atoms with Gasteiger partial charge in [0.2, 0.25) is 12.3 Å². The van der Waals surface area contributed by atoms with Crippen LogP contribution in [0.2, 0.25) is 0 Å². The van der Waals surface area contributed by atoms with Gasteiger partial charge in [-0.15, -0.1) is 0 Å². The second-order valence-corrected chi connectivity index (χ2v) is 6.74. The van der Waals surface area contributed by atoms with Crippen molar-refractivity contribution in [3.8, 4) is 0 Å². The van der Waals surface area contributed by atoms with Crippen molar-refractivity contribution < 1.29 is 28.5 Å². The Hall–Kier alpha value is -1.22. The standard InChI is InChI=1S/C20H40N2O6/c1-19(2)28-17-20(24)22-10-6-4-8-12-26-14-16-27-15-13-25-11-7-3-5-9-21-18-23/h18-19H,3-17H2,1-2H3,(H,21,23)(H,22,24). The minimum atomic E-state index is -0.0574. The number of hydrogen-bond donors (Lipinski definition) is 2. The van der Waals surface area contributed by atoms with Crippen molar-refractivity contribution in [3.05, 3.63) is 0 Å². The molecule has 0 aliphatic heterocycles. The van der Waals surface area contributed by atoms with Crippen LogP contribution in [0.15, 0.2) is 0 Å². The molecule has 0 spiro atoms. The predicted octanol–water partition coefficient (Wildman–Crippen LogP) is 1.66. The molecule has 166 valence electrons. The van der Waals surface area contributed by atoms with Crippen LogP contribution >= 0.6 is 0 Å². The van der Waals surface area contributed by atoms with E-state index in [0.29, 0.717) is 39.6 Å². The third-order valence-electron chi connectivity index (χ3n) is 3.77. The molecule has 28 heavy (non-hydrogen) atoms. The first kappa shape index (κ1) is 26.8. The fourth-order valence-electron chi connectivity index (χ4n) is 2.24. The average molecular weight is 405 g/mol. The predicted molar refractivity (Wildman–Crippen MR) is 108 cm³/mol. The number of rotatable bonds is 22. The Balaban J connectivity index is 3.08. The number of carbonyl (C=O) groups is 2. The van der Waals surface area contributed by atoms with Crippen molar-refractivity contribution in [1.29, 1.82) is 0 Å².